The molecule has 1 N–H and O–H groups in total. The Hall–Kier alpha value is -0.0400. The Kier molecular flexibility index (Phi) is 8.75. The molecule has 0 amide bonds. The fourth-order valence-electron chi connectivity index (χ4n) is 3.36. The van der Waals surface area contributed by atoms with Gasteiger partial charge in [-0.2, -0.15) is 0 Å². The lowest BCUT2D eigenvalue weighted by Gasteiger charge is -2.33. The third-order valence-corrected chi connectivity index (χ3v) is 4.75. The molecule has 1 nitrogen and oxygen atoms in total. The van der Waals surface area contributed by atoms with Crippen LogP contribution in [0.15, 0.2) is 0 Å². The van der Waals surface area contributed by atoms with Crippen molar-refractivity contribution in [2.75, 3.05) is 6.54 Å². The molecule has 0 bridgehead atoms. The van der Waals surface area contributed by atoms with Gasteiger partial charge in [0.1, 0.15) is 0 Å². The number of rotatable bonds is 9. The van der Waals surface area contributed by atoms with Crippen LogP contribution in [0, 0.1) is 11.8 Å². The highest BCUT2D eigenvalue weighted by Gasteiger charge is 2.25. The Labute approximate surface area is 115 Å². The molecule has 0 saturated heterocycles. The third-order valence-electron chi connectivity index (χ3n) is 4.75. The van der Waals surface area contributed by atoms with Crippen LogP contribution in [0.25, 0.3) is 0 Å². The van der Waals surface area contributed by atoms with Gasteiger partial charge in [0, 0.05) is 6.04 Å². The predicted octanol–water partition coefficient (Wildman–Crippen LogP) is 5.15. The second-order valence-corrected chi connectivity index (χ2v) is 6.40. The van der Waals surface area contributed by atoms with Gasteiger partial charge in [-0.25, -0.2) is 0 Å². The number of hydrogen-bond donors (Lipinski definition) is 1. The van der Waals surface area contributed by atoms with Crippen molar-refractivity contribution in [3.8, 4) is 0 Å². The zero-order valence-electron chi connectivity index (χ0n) is 13.0. The zero-order valence-corrected chi connectivity index (χ0v) is 13.0. The van der Waals surface area contributed by atoms with Gasteiger partial charge in [-0.3, -0.25) is 0 Å². The Bertz CT molecular complexity index is 182. The van der Waals surface area contributed by atoms with Crippen LogP contribution in [0.2, 0.25) is 0 Å². The summed E-state index contributed by atoms with van der Waals surface area (Å²) in [6.07, 6.45) is 14.1. The number of unbranched alkanes of at least 4 members (excludes halogenated alkanes) is 3. The molecule has 1 aliphatic rings. The van der Waals surface area contributed by atoms with Crippen molar-refractivity contribution in [2.24, 2.45) is 11.8 Å². The van der Waals surface area contributed by atoms with Crippen molar-refractivity contribution in [3.63, 3.8) is 0 Å². The Morgan fingerprint density at radius 1 is 1.06 bits per heavy atom. The van der Waals surface area contributed by atoms with Crippen molar-refractivity contribution in [3.05, 3.63) is 0 Å². The first-order chi connectivity index (χ1) is 8.77. The van der Waals surface area contributed by atoms with E-state index in [1.807, 2.05) is 0 Å². The number of nitrogens with one attached hydrogen (secondary N) is 1. The van der Waals surface area contributed by atoms with E-state index in [1.165, 1.54) is 70.8 Å². The maximum Gasteiger partial charge on any atom is 0.00698 e. The van der Waals surface area contributed by atoms with E-state index in [1.54, 1.807) is 0 Å². The van der Waals surface area contributed by atoms with Crippen LogP contribution in [-0.2, 0) is 0 Å². The maximum absolute atomic E-state index is 3.77. The summed E-state index contributed by atoms with van der Waals surface area (Å²) in [5.41, 5.74) is 0. The minimum atomic E-state index is 0.823. The molecule has 1 aliphatic carbocycles. The number of hydrogen-bond acceptors (Lipinski definition) is 1. The molecule has 0 spiro atoms. The molecular weight excluding hydrogens is 218 g/mol. The Morgan fingerprint density at radius 3 is 2.56 bits per heavy atom. The van der Waals surface area contributed by atoms with Crippen LogP contribution < -0.4 is 5.32 Å². The van der Waals surface area contributed by atoms with Crippen molar-refractivity contribution >= 4 is 0 Å². The normalized spacial score (nSPS) is 26.2. The summed E-state index contributed by atoms with van der Waals surface area (Å²) in [6.45, 7) is 8.31. The summed E-state index contributed by atoms with van der Waals surface area (Å²) in [4.78, 5) is 0. The molecule has 1 heteroatoms. The van der Waals surface area contributed by atoms with Gasteiger partial charge in [0.25, 0.3) is 0 Å². The summed E-state index contributed by atoms with van der Waals surface area (Å²) in [7, 11) is 0. The van der Waals surface area contributed by atoms with Crippen LogP contribution in [0.4, 0.5) is 0 Å². The Balaban J connectivity index is 2.20. The Morgan fingerprint density at radius 2 is 1.83 bits per heavy atom. The van der Waals surface area contributed by atoms with E-state index >= 15 is 0 Å². The van der Waals surface area contributed by atoms with Gasteiger partial charge >= 0.3 is 0 Å². The first-order valence-corrected chi connectivity index (χ1v) is 8.51. The predicted molar refractivity (Wildman–Crippen MR) is 82.0 cm³/mol. The molecule has 18 heavy (non-hydrogen) atoms. The smallest absolute Gasteiger partial charge is 0.00698 e. The quantitative estimate of drug-likeness (QED) is 0.560. The van der Waals surface area contributed by atoms with E-state index in [-0.39, 0.29) is 0 Å². The van der Waals surface area contributed by atoms with E-state index in [0.29, 0.717) is 0 Å². The molecule has 0 radical (unpaired) electrons. The lowest BCUT2D eigenvalue weighted by molar-refractivity contribution is 0.210. The maximum atomic E-state index is 3.77. The minimum Gasteiger partial charge on any atom is -0.314 e. The van der Waals surface area contributed by atoms with Crippen LogP contribution >= 0.6 is 0 Å². The second kappa shape index (κ2) is 9.83. The van der Waals surface area contributed by atoms with Gasteiger partial charge in [-0.1, -0.05) is 65.7 Å². The molecule has 0 heterocycles. The van der Waals surface area contributed by atoms with Crippen molar-refractivity contribution in [2.45, 2.75) is 91.0 Å². The highest BCUT2D eigenvalue weighted by atomic mass is 14.9. The standard InChI is InChI=1S/C17H35N/c1-4-6-8-10-15(3)16-11-9-12-17(14-16)18-13-7-5-2/h15-18H,4-14H2,1-3H3/t15?,16-,17-/m1/s1. The largest absolute Gasteiger partial charge is 0.314 e. The highest BCUT2D eigenvalue weighted by molar-refractivity contribution is 4.80. The zero-order chi connectivity index (χ0) is 13.2. The van der Waals surface area contributed by atoms with E-state index in [9.17, 15) is 0 Å². The second-order valence-electron chi connectivity index (χ2n) is 6.40. The van der Waals surface area contributed by atoms with Crippen LogP contribution in [0.3, 0.4) is 0 Å². The van der Waals surface area contributed by atoms with Gasteiger partial charge in [0.2, 0.25) is 0 Å². The van der Waals surface area contributed by atoms with E-state index in [4.69, 9.17) is 0 Å². The SMILES string of the molecule is CCCCCC(C)[C@@H]1CCC[C@@H](NCCCC)C1. The van der Waals surface area contributed by atoms with Gasteiger partial charge < -0.3 is 5.32 Å². The molecule has 0 aromatic rings. The molecule has 0 aromatic heterocycles. The van der Waals surface area contributed by atoms with Gasteiger partial charge in [-0.15, -0.1) is 0 Å². The van der Waals surface area contributed by atoms with E-state index in [2.05, 4.69) is 26.1 Å². The van der Waals surface area contributed by atoms with E-state index < -0.39 is 0 Å². The molecule has 0 aromatic carbocycles. The van der Waals surface area contributed by atoms with Crippen molar-refractivity contribution in [1.82, 2.24) is 5.32 Å². The summed E-state index contributed by atoms with van der Waals surface area (Å²) < 4.78 is 0. The molecule has 1 saturated carbocycles. The highest BCUT2D eigenvalue weighted by Crippen LogP contribution is 2.32. The summed E-state index contributed by atoms with van der Waals surface area (Å²) in [5, 5.41) is 3.77. The minimum absolute atomic E-state index is 0.823. The van der Waals surface area contributed by atoms with E-state index in [0.717, 1.165) is 17.9 Å². The molecular formula is C17H35N. The van der Waals surface area contributed by atoms with Crippen molar-refractivity contribution < 1.29 is 0 Å². The monoisotopic (exact) mass is 253 g/mol. The molecule has 1 rings (SSSR count). The lowest BCUT2D eigenvalue weighted by Crippen LogP contribution is -2.36. The third kappa shape index (κ3) is 6.22. The molecule has 1 fully saturated rings. The molecule has 108 valence electrons. The summed E-state index contributed by atoms with van der Waals surface area (Å²) in [5.74, 6) is 1.95. The average Bonchev–Trinajstić information content (AvgIpc) is 2.39. The lowest BCUT2D eigenvalue weighted by atomic mass is 9.77. The molecule has 0 aliphatic heterocycles. The first kappa shape index (κ1) is 16.0. The van der Waals surface area contributed by atoms with Crippen LogP contribution in [0.5, 0.6) is 0 Å². The van der Waals surface area contributed by atoms with Crippen LogP contribution in [0.1, 0.15) is 85.0 Å². The van der Waals surface area contributed by atoms with Crippen molar-refractivity contribution in [1.29, 1.82) is 0 Å². The average molecular weight is 253 g/mol. The van der Waals surface area contributed by atoms with Gasteiger partial charge in [0.15, 0.2) is 0 Å². The van der Waals surface area contributed by atoms with Gasteiger partial charge in [0.05, 0.1) is 0 Å². The van der Waals surface area contributed by atoms with Crippen LogP contribution in [-0.4, -0.2) is 12.6 Å². The molecule has 3 atom stereocenters. The first-order valence-electron chi connectivity index (χ1n) is 8.51. The fraction of sp³-hybridized carbons (Fsp3) is 1.00. The fourth-order valence-corrected chi connectivity index (χ4v) is 3.36. The summed E-state index contributed by atoms with van der Waals surface area (Å²) in [6, 6.07) is 0.823. The summed E-state index contributed by atoms with van der Waals surface area (Å²) >= 11 is 0. The topological polar surface area (TPSA) is 12.0 Å². The molecule has 1 unspecified atom stereocenters. The van der Waals surface area contributed by atoms with Gasteiger partial charge in [-0.05, 0) is 37.6 Å².